The first-order valence-corrected chi connectivity index (χ1v) is 8.68. The van der Waals surface area contributed by atoms with E-state index in [2.05, 4.69) is 0 Å². The average Bonchev–Trinajstić information content (AvgIpc) is 2.16. The van der Waals surface area contributed by atoms with E-state index in [-0.39, 0.29) is 17.6 Å². The highest BCUT2D eigenvalue weighted by molar-refractivity contribution is 7.68. The average molecular weight is 367 g/mol. The fourth-order valence-electron chi connectivity index (χ4n) is 1.64. The van der Waals surface area contributed by atoms with E-state index in [9.17, 15) is 0 Å². The largest absolute Gasteiger partial charge is 0.124 e. The van der Waals surface area contributed by atoms with Crippen LogP contribution in [0.5, 0.6) is 0 Å². The van der Waals surface area contributed by atoms with Crippen LogP contribution in [-0.2, 0) is 0 Å². The molecule has 0 aliphatic carbocycles. The predicted octanol–water partition coefficient (Wildman–Crippen LogP) is 6.05. The summed E-state index contributed by atoms with van der Waals surface area (Å²) in [6.07, 6.45) is 0. The first-order chi connectivity index (χ1) is 7.05. The summed E-state index contributed by atoms with van der Waals surface area (Å²) < 4.78 is -2.10. The van der Waals surface area contributed by atoms with Gasteiger partial charge in [0, 0.05) is 17.6 Å². The van der Waals surface area contributed by atoms with Gasteiger partial charge in [-0.3, -0.25) is 0 Å². The van der Waals surface area contributed by atoms with Crippen molar-refractivity contribution < 1.29 is 0 Å². The molecule has 0 saturated carbocycles. The molecule has 0 spiro atoms. The van der Waals surface area contributed by atoms with Gasteiger partial charge in [-0.05, 0) is 28.7 Å². The highest BCUT2D eigenvalue weighted by Crippen LogP contribution is 2.72. The molecule has 0 fully saturated rings. The second-order valence-electron chi connectivity index (χ2n) is 4.16. The van der Waals surface area contributed by atoms with Gasteiger partial charge >= 0.3 is 0 Å². The second kappa shape index (κ2) is 6.56. The van der Waals surface area contributed by atoms with Crippen molar-refractivity contribution in [3.05, 3.63) is 0 Å². The Morgan fingerprint density at radius 3 is 1.00 bits per heavy atom. The van der Waals surface area contributed by atoms with Crippen molar-refractivity contribution in [3.63, 3.8) is 0 Å². The minimum atomic E-state index is -1.09. The fourth-order valence-corrected chi connectivity index (χ4v) is 9.74. The molecule has 16 heavy (non-hydrogen) atoms. The Bertz CT molecular complexity index is 190. The van der Waals surface area contributed by atoms with Gasteiger partial charge in [-0.25, -0.2) is 0 Å². The molecule has 0 radical (unpaired) electrons. The molecular formula is C9H15Cl6P. The van der Waals surface area contributed by atoms with Crippen LogP contribution in [0.15, 0.2) is 0 Å². The normalized spacial score (nSPS) is 25.3. The van der Waals surface area contributed by atoms with Crippen LogP contribution in [-0.4, -0.2) is 31.5 Å². The fraction of sp³-hybridized carbons (Fsp3) is 1.00. The predicted molar refractivity (Wildman–Crippen MR) is 81.9 cm³/mol. The van der Waals surface area contributed by atoms with E-state index < -0.39 is 21.8 Å². The van der Waals surface area contributed by atoms with E-state index in [4.69, 9.17) is 69.6 Å². The molecule has 0 N–H and O–H groups in total. The van der Waals surface area contributed by atoms with E-state index in [0.29, 0.717) is 0 Å². The molecule has 0 saturated heterocycles. The summed E-state index contributed by atoms with van der Waals surface area (Å²) in [5.74, 6) is 0.746. The highest BCUT2D eigenvalue weighted by Gasteiger charge is 2.52. The summed E-state index contributed by atoms with van der Waals surface area (Å²) in [6, 6.07) is 0. The second-order valence-corrected chi connectivity index (χ2v) is 11.9. The maximum atomic E-state index is 6.42. The van der Waals surface area contributed by atoms with E-state index in [1.54, 1.807) is 0 Å². The van der Waals surface area contributed by atoms with E-state index in [1.165, 1.54) is 0 Å². The summed E-state index contributed by atoms with van der Waals surface area (Å²) in [4.78, 5) is 0. The maximum absolute atomic E-state index is 6.42. The van der Waals surface area contributed by atoms with Gasteiger partial charge < -0.3 is 0 Å². The van der Waals surface area contributed by atoms with Crippen LogP contribution >= 0.6 is 77.5 Å². The molecule has 0 amide bonds. The molecule has 3 atom stereocenters. The molecule has 0 aromatic heterocycles. The van der Waals surface area contributed by atoms with Gasteiger partial charge in [-0.15, -0.1) is 69.6 Å². The Morgan fingerprint density at radius 1 is 0.688 bits per heavy atom. The molecule has 7 heteroatoms. The number of rotatable bonds is 6. The van der Waals surface area contributed by atoms with Crippen LogP contribution in [0.2, 0.25) is 0 Å². The summed E-state index contributed by atoms with van der Waals surface area (Å²) >= 11 is 37.0. The molecule has 0 heterocycles. The van der Waals surface area contributed by atoms with Gasteiger partial charge in [0.2, 0.25) is 0 Å². The van der Waals surface area contributed by atoms with Crippen molar-refractivity contribution in [1.82, 2.24) is 0 Å². The number of hydrogen-bond donors (Lipinski definition) is 0. The third-order valence-corrected chi connectivity index (χ3v) is 9.90. The van der Waals surface area contributed by atoms with Crippen LogP contribution in [0.4, 0.5) is 0 Å². The molecule has 0 bridgehead atoms. The van der Waals surface area contributed by atoms with Crippen LogP contribution in [0.1, 0.15) is 20.8 Å². The maximum Gasteiger partial charge on any atom is 0.0781 e. The Hall–Kier alpha value is 2.17. The SMILES string of the molecule is CC(Cl)(CCl)P(C(C)(Cl)CCl)C(C)(Cl)CCl. The first-order valence-electron chi connectivity index (χ1n) is 4.60. The summed E-state index contributed by atoms with van der Waals surface area (Å²) in [6.45, 7) is 5.48. The molecular weight excluding hydrogens is 352 g/mol. The lowest BCUT2D eigenvalue weighted by Crippen LogP contribution is -2.39. The minimum Gasteiger partial charge on any atom is -0.124 e. The number of halogens is 6. The van der Waals surface area contributed by atoms with Gasteiger partial charge in [0.05, 0.1) is 13.8 Å². The van der Waals surface area contributed by atoms with Crippen molar-refractivity contribution in [2.45, 2.75) is 34.6 Å². The van der Waals surface area contributed by atoms with Gasteiger partial charge in [0.15, 0.2) is 0 Å². The molecule has 0 rings (SSSR count). The van der Waals surface area contributed by atoms with Crippen molar-refractivity contribution >= 4 is 77.5 Å². The van der Waals surface area contributed by atoms with Crippen LogP contribution < -0.4 is 0 Å². The quantitative estimate of drug-likeness (QED) is 0.396. The summed E-state index contributed by atoms with van der Waals surface area (Å²) in [5.41, 5.74) is 0. The van der Waals surface area contributed by atoms with E-state index in [1.807, 2.05) is 20.8 Å². The third kappa shape index (κ3) is 4.37. The van der Waals surface area contributed by atoms with E-state index >= 15 is 0 Å². The van der Waals surface area contributed by atoms with Crippen LogP contribution in [0, 0.1) is 0 Å². The van der Waals surface area contributed by atoms with Gasteiger partial charge in [0.25, 0.3) is 0 Å². The van der Waals surface area contributed by atoms with Crippen molar-refractivity contribution in [2.75, 3.05) is 17.6 Å². The molecule has 0 aliphatic rings. The lowest BCUT2D eigenvalue weighted by atomic mass is 10.5. The number of alkyl halides is 6. The minimum absolute atomic E-state index is 0.249. The van der Waals surface area contributed by atoms with E-state index in [0.717, 1.165) is 0 Å². The zero-order valence-corrected chi connectivity index (χ0v) is 14.8. The summed E-state index contributed by atoms with van der Waals surface area (Å²) in [5, 5.41) is 0. The van der Waals surface area contributed by atoms with Gasteiger partial charge in [-0.2, -0.15) is 0 Å². The molecule has 0 aromatic carbocycles. The zero-order valence-electron chi connectivity index (χ0n) is 9.34. The Kier molecular flexibility index (Phi) is 7.44. The molecule has 0 aromatic rings. The van der Waals surface area contributed by atoms with Crippen LogP contribution in [0.3, 0.4) is 0 Å². The molecule has 0 nitrogen and oxygen atoms in total. The smallest absolute Gasteiger partial charge is 0.0781 e. The summed E-state index contributed by atoms with van der Waals surface area (Å²) in [7, 11) is -1.09. The number of hydrogen-bond acceptors (Lipinski definition) is 0. The lowest BCUT2D eigenvalue weighted by molar-refractivity contribution is 0.849. The van der Waals surface area contributed by atoms with Crippen LogP contribution in [0.25, 0.3) is 0 Å². The zero-order chi connectivity index (χ0) is 13.2. The van der Waals surface area contributed by atoms with Crippen molar-refractivity contribution in [1.29, 1.82) is 0 Å². The Labute approximate surface area is 129 Å². The van der Waals surface area contributed by atoms with Crippen molar-refractivity contribution in [3.8, 4) is 0 Å². The lowest BCUT2D eigenvalue weighted by Gasteiger charge is -2.47. The van der Waals surface area contributed by atoms with Gasteiger partial charge in [-0.1, -0.05) is 0 Å². The molecule has 0 aliphatic heterocycles. The monoisotopic (exact) mass is 364 g/mol. The Morgan fingerprint density at radius 2 is 0.875 bits per heavy atom. The topological polar surface area (TPSA) is 0 Å². The van der Waals surface area contributed by atoms with Crippen molar-refractivity contribution in [2.24, 2.45) is 0 Å². The third-order valence-electron chi connectivity index (χ3n) is 2.13. The highest BCUT2D eigenvalue weighted by atomic mass is 35.5. The standard InChI is InChI=1S/C9H15Cl6P/c1-7(13,4-10)16(8(2,14)5-11)9(3,15)6-12/h4-6H2,1-3H3. The molecule has 3 unspecified atom stereocenters. The molecule has 98 valence electrons. The van der Waals surface area contributed by atoms with Gasteiger partial charge in [0.1, 0.15) is 0 Å². The first kappa shape index (κ1) is 18.2. The Balaban J connectivity index is 5.40.